The minimum atomic E-state index is -1.10. The molecule has 0 spiro atoms. The molecule has 118 valence electrons. The average molecular weight is 297 g/mol. The predicted octanol–water partition coefficient (Wildman–Crippen LogP) is 1.11. The van der Waals surface area contributed by atoms with Crippen molar-refractivity contribution in [2.45, 2.75) is 51.2 Å². The van der Waals surface area contributed by atoms with Crippen molar-refractivity contribution >= 4 is 5.97 Å². The zero-order valence-electron chi connectivity index (χ0n) is 12.4. The van der Waals surface area contributed by atoms with Crippen LogP contribution >= 0.6 is 0 Å². The van der Waals surface area contributed by atoms with E-state index in [1.54, 1.807) is 7.11 Å². The number of aromatic nitrogens is 3. The van der Waals surface area contributed by atoms with E-state index < -0.39 is 12.1 Å². The highest BCUT2D eigenvalue weighted by Crippen LogP contribution is 2.28. The molecule has 1 aliphatic carbocycles. The van der Waals surface area contributed by atoms with Gasteiger partial charge in [0.25, 0.3) is 0 Å². The van der Waals surface area contributed by atoms with Crippen molar-refractivity contribution in [3.63, 3.8) is 0 Å². The van der Waals surface area contributed by atoms with Gasteiger partial charge in [-0.15, -0.1) is 5.10 Å². The molecule has 0 aliphatic heterocycles. The third-order valence-corrected chi connectivity index (χ3v) is 4.05. The molecule has 1 aliphatic rings. The van der Waals surface area contributed by atoms with E-state index in [1.807, 2.05) is 0 Å². The molecule has 1 aromatic heterocycles. The molecule has 21 heavy (non-hydrogen) atoms. The largest absolute Gasteiger partial charge is 0.476 e. The Morgan fingerprint density at radius 2 is 2.19 bits per heavy atom. The number of rotatable bonds is 8. The van der Waals surface area contributed by atoms with Gasteiger partial charge >= 0.3 is 5.97 Å². The summed E-state index contributed by atoms with van der Waals surface area (Å²) in [6.07, 6.45) is 5.47. The van der Waals surface area contributed by atoms with Gasteiger partial charge in [0.15, 0.2) is 5.69 Å². The number of hydrogen-bond donors (Lipinski definition) is 2. The van der Waals surface area contributed by atoms with E-state index in [0.717, 1.165) is 6.42 Å². The summed E-state index contributed by atoms with van der Waals surface area (Å²) in [5, 5.41) is 26.9. The molecule has 7 nitrogen and oxygen atoms in total. The van der Waals surface area contributed by atoms with E-state index in [2.05, 4.69) is 10.3 Å². The Morgan fingerprint density at radius 3 is 2.81 bits per heavy atom. The number of carbonyl (C=O) groups is 1. The monoisotopic (exact) mass is 297 g/mol. The van der Waals surface area contributed by atoms with Crippen LogP contribution in [-0.4, -0.2) is 51.0 Å². The lowest BCUT2D eigenvalue weighted by atomic mass is 10.00. The van der Waals surface area contributed by atoms with Crippen LogP contribution in [-0.2, 0) is 17.7 Å². The zero-order chi connectivity index (χ0) is 15.2. The summed E-state index contributed by atoms with van der Waals surface area (Å²) in [6.45, 7) is 0.683. The van der Waals surface area contributed by atoms with E-state index >= 15 is 0 Å². The fourth-order valence-corrected chi connectivity index (χ4v) is 3.00. The van der Waals surface area contributed by atoms with Gasteiger partial charge in [0.2, 0.25) is 0 Å². The van der Waals surface area contributed by atoms with Crippen LogP contribution in [0.15, 0.2) is 0 Å². The van der Waals surface area contributed by atoms with Gasteiger partial charge < -0.3 is 14.9 Å². The summed E-state index contributed by atoms with van der Waals surface area (Å²) in [4.78, 5) is 11.1. The number of hydrogen-bond acceptors (Lipinski definition) is 5. The van der Waals surface area contributed by atoms with Crippen molar-refractivity contribution in [2.24, 2.45) is 5.92 Å². The number of methoxy groups -OCH3 is 1. The molecule has 1 fully saturated rings. The number of aliphatic hydroxyl groups is 1. The molecule has 1 saturated carbocycles. The second-order valence-electron chi connectivity index (χ2n) is 5.65. The van der Waals surface area contributed by atoms with Gasteiger partial charge in [0.1, 0.15) is 0 Å². The summed E-state index contributed by atoms with van der Waals surface area (Å²) in [7, 11) is 1.56. The molecule has 1 atom stereocenters. The van der Waals surface area contributed by atoms with Crippen molar-refractivity contribution in [3.05, 3.63) is 11.4 Å². The highest BCUT2D eigenvalue weighted by molar-refractivity contribution is 5.86. The van der Waals surface area contributed by atoms with Gasteiger partial charge in [-0.2, -0.15) is 0 Å². The summed E-state index contributed by atoms with van der Waals surface area (Å²) >= 11 is 0. The van der Waals surface area contributed by atoms with E-state index in [-0.39, 0.29) is 12.2 Å². The Kier molecular flexibility index (Phi) is 5.69. The highest BCUT2D eigenvalue weighted by Gasteiger charge is 2.23. The lowest BCUT2D eigenvalue weighted by Crippen LogP contribution is -2.22. The summed E-state index contributed by atoms with van der Waals surface area (Å²) in [5.41, 5.74) is 0.454. The van der Waals surface area contributed by atoms with Gasteiger partial charge in [0.05, 0.1) is 24.9 Å². The van der Waals surface area contributed by atoms with Gasteiger partial charge in [-0.1, -0.05) is 30.9 Å². The standard InChI is InChI=1S/C14H23N3O4/c1-21-7-6-12-13(14(19)20)15-16-17(12)9-11(18)8-10-4-2-3-5-10/h10-11,18H,2-9H2,1H3,(H,19,20). The first kappa shape index (κ1) is 15.9. The maximum atomic E-state index is 11.1. The fourth-order valence-electron chi connectivity index (χ4n) is 3.00. The highest BCUT2D eigenvalue weighted by atomic mass is 16.5. The summed E-state index contributed by atoms with van der Waals surface area (Å²) in [5.74, 6) is -0.525. The Labute approximate surface area is 123 Å². The van der Waals surface area contributed by atoms with E-state index in [9.17, 15) is 9.90 Å². The predicted molar refractivity (Wildman–Crippen MR) is 75.1 cm³/mol. The molecule has 2 N–H and O–H groups in total. The minimum Gasteiger partial charge on any atom is -0.476 e. The van der Waals surface area contributed by atoms with Crippen molar-refractivity contribution < 1.29 is 19.7 Å². The van der Waals surface area contributed by atoms with Crippen LogP contribution in [0.5, 0.6) is 0 Å². The van der Waals surface area contributed by atoms with Crippen LogP contribution in [0.25, 0.3) is 0 Å². The SMILES string of the molecule is COCCc1c(C(=O)O)nnn1CC(O)CC1CCCC1. The lowest BCUT2D eigenvalue weighted by Gasteiger charge is -2.16. The third-order valence-electron chi connectivity index (χ3n) is 4.05. The van der Waals surface area contributed by atoms with Crippen LogP contribution in [0.3, 0.4) is 0 Å². The summed E-state index contributed by atoms with van der Waals surface area (Å²) in [6, 6.07) is 0. The smallest absolute Gasteiger partial charge is 0.358 e. The Morgan fingerprint density at radius 1 is 1.48 bits per heavy atom. The van der Waals surface area contributed by atoms with Gasteiger partial charge in [-0.25, -0.2) is 9.48 Å². The Bertz CT molecular complexity index is 469. The first-order valence-corrected chi connectivity index (χ1v) is 7.44. The number of nitrogens with zero attached hydrogens (tertiary/aromatic N) is 3. The number of ether oxygens (including phenoxy) is 1. The van der Waals surface area contributed by atoms with Crippen LogP contribution in [0.2, 0.25) is 0 Å². The van der Waals surface area contributed by atoms with E-state index in [1.165, 1.54) is 30.4 Å². The minimum absolute atomic E-state index is 0.0554. The molecule has 0 saturated heterocycles. The van der Waals surface area contributed by atoms with Crippen LogP contribution in [0.1, 0.15) is 48.3 Å². The van der Waals surface area contributed by atoms with Crippen molar-refractivity contribution in [3.8, 4) is 0 Å². The average Bonchev–Trinajstić information content (AvgIpc) is 3.06. The summed E-state index contributed by atoms with van der Waals surface area (Å²) < 4.78 is 6.50. The van der Waals surface area contributed by atoms with Gasteiger partial charge in [-0.05, 0) is 12.3 Å². The number of aliphatic hydroxyl groups excluding tert-OH is 1. The zero-order valence-corrected chi connectivity index (χ0v) is 12.4. The van der Waals surface area contributed by atoms with Crippen molar-refractivity contribution in [2.75, 3.05) is 13.7 Å². The molecule has 7 heteroatoms. The molecule has 0 bridgehead atoms. The van der Waals surface area contributed by atoms with Crippen molar-refractivity contribution in [1.82, 2.24) is 15.0 Å². The molecule has 0 aromatic carbocycles. The van der Waals surface area contributed by atoms with Gasteiger partial charge in [0, 0.05) is 13.5 Å². The van der Waals surface area contributed by atoms with Crippen LogP contribution in [0.4, 0.5) is 0 Å². The maximum Gasteiger partial charge on any atom is 0.358 e. The molecule has 0 radical (unpaired) electrons. The lowest BCUT2D eigenvalue weighted by molar-refractivity contribution is 0.0688. The molecule has 2 rings (SSSR count). The van der Waals surface area contributed by atoms with E-state index in [0.29, 0.717) is 24.6 Å². The maximum absolute atomic E-state index is 11.1. The van der Waals surface area contributed by atoms with Crippen molar-refractivity contribution in [1.29, 1.82) is 0 Å². The van der Waals surface area contributed by atoms with Crippen LogP contribution in [0, 0.1) is 5.92 Å². The topological polar surface area (TPSA) is 97.5 Å². The number of aromatic carboxylic acids is 1. The fraction of sp³-hybridized carbons (Fsp3) is 0.786. The first-order valence-electron chi connectivity index (χ1n) is 7.44. The molecular weight excluding hydrogens is 274 g/mol. The second kappa shape index (κ2) is 7.51. The molecule has 0 amide bonds. The number of carboxylic acids is 1. The van der Waals surface area contributed by atoms with Gasteiger partial charge in [-0.3, -0.25) is 0 Å². The third kappa shape index (κ3) is 4.25. The molecule has 1 aromatic rings. The first-order chi connectivity index (χ1) is 10.1. The van der Waals surface area contributed by atoms with Crippen LogP contribution < -0.4 is 0 Å². The molecule has 1 unspecified atom stereocenters. The number of carboxylic acid groups (broad SMARTS) is 1. The quantitative estimate of drug-likeness (QED) is 0.746. The molecule has 1 heterocycles. The Hall–Kier alpha value is -1.47. The Balaban J connectivity index is 2.01. The normalized spacial score (nSPS) is 17.2. The second-order valence-corrected chi connectivity index (χ2v) is 5.65. The molecular formula is C14H23N3O4. The van der Waals surface area contributed by atoms with E-state index in [4.69, 9.17) is 9.84 Å².